The summed E-state index contributed by atoms with van der Waals surface area (Å²) in [5.41, 5.74) is 0.984. The summed E-state index contributed by atoms with van der Waals surface area (Å²) in [6, 6.07) is 13.9. The van der Waals surface area contributed by atoms with Gasteiger partial charge in [0.2, 0.25) is 11.8 Å². The monoisotopic (exact) mass is 464 g/mol. The highest BCUT2D eigenvalue weighted by molar-refractivity contribution is 5.97. The fraction of sp³-hybridized carbons (Fsp3) is 0.348. The average molecular weight is 464 g/mol. The maximum absolute atomic E-state index is 12.6. The minimum Gasteiger partial charge on any atom is -0.465 e. The van der Waals surface area contributed by atoms with Crippen molar-refractivity contribution >= 4 is 17.8 Å². The summed E-state index contributed by atoms with van der Waals surface area (Å²) in [7, 11) is 1.30. The third-order valence-electron chi connectivity index (χ3n) is 5.50. The zero-order valence-electron chi connectivity index (χ0n) is 17.7. The number of benzene rings is 2. The second-order valence-electron chi connectivity index (χ2n) is 7.81. The van der Waals surface area contributed by atoms with E-state index in [4.69, 9.17) is 4.74 Å². The van der Waals surface area contributed by atoms with Crippen molar-refractivity contribution < 1.29 is 37.4 Å². The average Bonchev–Trinajstić information content (AvgIpc) is 3.49. The van der Waals surface area contributed by atoms with Gasteiger partial charge in [-0.25, -0.2) is 4.79 Å². The predicted molar refractivity (Wildman–Crippen MR) is 112 cm³/mol. The van der Waals surface area contributed by atoms with Crippen molar-refractivity contribution in [2.75, 3.05) is 13.7 Å². The number of rotatable bonds is 8. The van der Waals surface area contributed by atoms with Gasteiger partial charge in [0.05, 0.1) is 12.7 Å². The van der Waals surface area contributed by atoms with Crippen molar-refractivity contribution in [2.24, 2.45) is 5.92 Å². The van der Waals surface area contributed by atoms with Crippen LogP contribution in [0.5, 0.6) is 0 Å². The molecule has 0 unspecified atom stereocenters. The molecular formula is C23H23F3N2O5. The summed E-state index contributed by atoms with van der Waals surface area (Å²) in [4.78, 5) is 36.3. The Morgan fingerprint density at radius 3 is 2.36 bits per heavy atom. The van der Waals surface area contributed by atoms with Crippen LogP contribution in [0.4, 0.5) is 13.2 Å². The highest BCUT2D eigenvalue weighted by Crippen LogP contribution is 2.43. The van der Waals surface area contributed by atoms with Gasteiger partial charge in [-0.3, -0.25) is 9.59 Å². The number of carbonyl (C=O) groups is 3. The Morgan fingerprint density at radius 2 is 1.79 bits per heavy atom. The van der Waals surface area contributed by atoms with Gasteiger partial charge in [-0.15, -0.1) is 0 Å². The number of aliphatic hydroxyl groups is 1. The number of hydrogen-bond acceptors (Lipinski definition) is 5. The number of ether oxygens (including phenoxy) is 1. The Labute approximate surface area is 187 Å². The highest BCUT2D eigenvalue weighted by Gasteiger charge is 2.61. The van der Waals surface area contributed by atoms with Crippen molar-refractivity contribution in [3.8, 4) is 11.1 Å². The molecule has 1 saturated carbocycles. The number of methoxy groups -OCH3 is 1. The summed E-state index contributed by atoms with van der Waals surface area (Å²) in [6.07, 6.45) is -6.34. The SMILES string of the molecule is COC(=O)c1ccccc1-c1ccc(CNC(=O)[C@@]2(NC(=O)CC(F)(F)F)C[C@H]2CO)cc1. The molecule has 0 spiro atoms. The molecule has 10 heteroatoms. The third-order valence-corrected chi connectivity index (χ3v) is 5.50. The van der Waals surface area contributed by atoms with E-state index in [1.54, 1.807) is 48.5 Å². The van der Waals surface area contributed by atoms with Crippen molar-refractivity contribution in [1.82, 2.24) is 10.6 Å². The van der Waals surface area contributed by atoms with Gasteiger partial charge in [-0.2, -0.15) is 13.2 Å². The summed E-state index contributed by atoms with van der Waals surface area (Å²) >= 11 is 0. The summed E-state index contributed by atoms with van der Waals surface area (Å²) in [5, 5.41) is 14.1. The molecule has 2 amide bonds. The first-order valence-corrected chi connectivity index (χ1v) is 10.1. The standard InChI is InChI=1S/C23H23F3N2O5/c1-33-20(31)18-5-3-2-4-17(18)15-8-6-14(7-9-15)12-27-21(32)22(10-16(22)13-29)28-19(30)11-23(24,25)26/h2-9,16,29H,10-13H2,1H3,(H,27,32)(H,28,30)/t16-,22+/m0/s1. The number of halogens is 3. The van der Waals surface area contributed by atoms with E-state index in [0.29, 0.717) is 16.7 Å². The Kier molecular flexibility index (Phi) is 7.06. The summed E-state index contributed by atoms with van der Waals surface area (Å²) in [5.74, 6) is -3.09. The molecule has 176 valence electrons. The van der Waals surface area contributed by atoms with Gasteiger partial charge in [-0.05, 0) is 29.2 Å². The van der Waals surface area contributed by atoms with Crippen LogP contribution in [0.3, 0.4) is 0 Å². The smallest absolute Gasteiger partial charge is 0.397 e. The zero-order valence-corrected chi connectivity index (χ0v) is 17.7. The molecule has 3 rings (SSSR count). The molecule has 7 nitrogen and oxygen atoms in total. The maximum atomic E-state index is 12.6. The number of aliphatic hydroxyl groups excluding tert-OH is 1. The van der Waals surface area contributed by atoms with Crippen LogP contribution in [0, 0.1) is 5.92 Å². The van der Waals surface area contributed by atoms with E-state index in [-0.39, 0.29) is 13.0 Å². The van der Waals surface area contributed by atoms with Gasteiger partial charge < -0.3 is 20.5 Å². The Hall–Kier alpha value is -3.40. The van der Waals surface area contributed by atoms with E-state index in [0.717, 1.165) is 5.56 Å². The van der Waals surface area contributed by atoms with Crippen LogP contribution in [-0.2, 0) is 20.9 Å². The fourth-order valence-electron chi connectivity index (χ4n) is 3.68. The molecule has 0 heterocycles. The minimum absolute atomic E-state index is 0.0577. The van der Waals surface area contributed by atoms with Gasteiger partial charge in [0.1, 0.15) is 12.0 Å². The number of esters is 1. The molecule has 2 aromatic carbocycles. The molecule has 3 N–H and O–H groups in total. The topological polar surface area (TPSA) is 105 Å². The van der Waals surface area contributed by atoms with Crippen molar-refractivity contribution in [2.45, 2.75) is 31.1 Å². The lowest BCUT2D eigenvalue weighted by atomic mass is 9.98. The Morgan fingerprint density at radius 1 is 1.12 bits per heavy atom. The molecule has 0 saturated heterocycles. The molecule has 0 bridgehead atoms. The second kappa shape index (κ2) is 9.62. The largest absolute Gasteiger partial charge is 0.465 e. The van der Waals surface area contributed by atoms with E-state index in [9.17, 15) is 32.7 Å². The molecular weight excluding hydrogens is 441 g/mol. The van der Waals surface area contributed by atoms with Gasteiger partial charge in [0.25, 0.3) is 0 Å². The lowest BCUT2D eigenvalue weighted by Crippen LogP contribution is -2.51. The first-order valence-electron chi connectivity index (χ1n) is 10.1. The Balaban J connectivity index is 1.66. The molecule has 1 fully saturated rings. The third kappa shape index (κ3) is 5.70. The van der Waals surface area contributed by atoms with E-state index in [2.05, 4.69) is 10.6 Å². The Bertz CT molecular complexity index is 1040. The number of nitrogens with one attached hydrogen (secondary N) is 2. The number of carbonyl (C=O) groups excluding carboxylic acids is 3. The van der Waals surface area contributed by atoms with Crippen LogP contribution in [0.25, 0.3) is 11.1 Å². The van der Waals surface area contributed by atoms with Gasteiger partial charge in [-0.1, -0.05) is 42.5 Å². The van der Waals surface area contributed by atoms with Crippen LogP contribution in [-0.4, -0.2) is 48.3 Å². The van der Waals surface area contributed by atoms with E-state index in [1.807, 2.05) is 0 Å². The van der Waals surface area contributed by atoms with Gasteiger partial charge in [0, 0.05) is 19.1 Å². The fourth-order valence-corrected chi connectivity index (χ4v) is 3.68. The van der Waals surface area contributed by atoms with Crippen LogP contribution in [0.2, 0.25) is 0 Å². The minimum atomic E-state index is -4.69. The quantitative estimate of drug-likeness (QED) is 0.521. The van der Waals surface area contributed by atoms with E-state index in [1.165, 1.54) is 7.11 Å². The lowest BCUT2D eigenvalue weighted by molar-refractivity contribution is -0.155. The van der Waals surface area contributed by atoms with Crippen LogP contribution < -0.4 is 10.6 Å². The number of hydrogen-bond donors (Lipinski definition) is 3. The first kappa shape index (κ1) is 24.2. The van der Waals surface area contributed by atoms with Crippen molar-refractivity contribution in [3.63, 3.8) is 0 Å². The van der Waals surface area contributed by atoms with Crippen LogP contribution in [0.15, 0.2) is 48.5 Å². The molecule has 0 aliphatic heterocycles. The van der Waals surface area contributed by atoms with Crippen molar-refractivity contribution in [3.05, 3.63) is 59.7 Å². The first-order chi connectivity index (χ1) is 15.6. The van der Waals surface area contributed by atoms with Gasteiger partial charge >= 0.3 is 12.1 Å². The molecule has 1 aliphatic carbocycles. The normalized spacial score (nSPS) is 19.5. The molecule has 2 aromatic rings. The molecule has 0 radical (unpaired) electrons. The lowest BCUT2D eigenvalue weighted by Gasteiger charge is -2.19. The van der Waals surface area contributed by atoms with Gasteiger partial charge in [0.15, 0.2) is 0 Å². The van der Waals surface area contributed by atoms with E-state index >= 15 is 0 Å². The van der Waals surface area contributed by atoms with Crippen LogP contribution in [0.1, 0.15) is 28.8 Å². The molecule has 2 atom stereocenters. The number of alkyl halides is 3. The van der Waals surface area contributed by atoms with Crippen molar-refractivity contribution in [1.29, 1.82) is 0 Å². The molecule has 1 aliphatic rings. The second-order valence-corrected chi connectivity index (χ2v) is 7.81. The number of amides is 2. The van der Waals surface area contributed by atoms with E-state index < -0.39 is 48.4 Å². The predicted octanol–water partition coefficient (Wildman–Crippen LogP) is 2.58. The summed E-state index contributed by atoms with van der Waals surface area (Å²) < 4.78 is 42.2. The maximum Gasteiger partial charge on any atom is 0.397 e. The molecule has 0 aromatic heterocycles. The zero-order chi connectivity index (χ0) is 24.2. The van der Waals surface area contributed by atoms with Crippen LogP contribution >= 0.6 is 0 Å². The molecule has 33 heavy (non-hydrogen) atoms. The summed E-state index contributed by atoms with van der Waals surface area (Å²) in [6.45, 7) is -0.374. The highest BCUT2D eigenvalue weighted by atomic mass is 19.4.